The van der Waals surface area contributed by atoms with Gasteiger partial charge in [0.25, 0.3) is 0 Å². The molecule has 8 aromatic carbocycles. The summed E-state index contributed by atoms with van der Waals surface area (Å²) >= 11 is 0. The maximum absolute atomic E-state index is 10.6. The van der Waals surface area contributed by atoms with Crippen molar-refractivity contribution in [3.8, 4) is 51.0 Å². The number of fused-ring (bicyclic) bond motifs is 6. The number of rotatable bonds is 7. The summed E-state index contributed by atoms with van der Waals surface area (Å²) in [7, 11) is 0. The Morgan fingerprint density at radius 2 is 1.02 bits per heavy atom. The van der Waals surface area contributed by atoms with Gasteiger partial charge in [-0.05, 0) is 64.6 Å². The predicted octanol–water partition coefficient (Wildman–Crippen LogP) is 13.0. The van der Waals surface area contributed by atoms with Crippen LogP contribution in [0.3, 0.4) is 0 Å². The number of phenolic OH excluding ortho intramolecular Hbond substituents is 1. The normalized spacial score (nSPS) is 13.1. The van der Waals surface area contributed by atoms with Crippen molar-refractivity contribution in [2.75, 3.05) is 0 Å². The minimum atomic E-state index is -0.573. The van der Waals surface area contributed by atoms with Gasteiger partial charge in [0.1, 0.15) is 22.6 Å². The molecule has 0 fully saturated rings. The Bertz CT molecular complexity index is 3240. The van der Waals surface area contributed by atoms with Crippen molar-refractivity contribution < 1.29 is 9.52 Å². The lowest BCUT2D eigenvalue weighted by atomic mass is 9.67. The van der Waals surface area contributed by atoms with E-state index in [4.69, 9.17) is 24.4 Å². The molecule has 6 nitrogen and oxygen atoms in total. The van der Waals surface area contributed by atoms with Gasteiger partial charge in [-0.2, -0.15) is 0 Å². The maximum atomic E-state index is 10.6. The van der Waals surface area contributed by atoms with E-state index in [2.05, 4.69) is 109 Å². The van der Waals surface area contributed by atoms with Gasteiger partial charge in [-0.15, -0.1) is 0 Å². The van der Waals surface area contributed by atoms with Crippen molar-refractivity contribution >= 4 is 33.3 Å². The summed E-state index contributed by atoms with van der Waals surface area (Å²) in [6.07, 6.45) is 0. The van der Waals surface area contributed by atoms with Gasteiger partial charge in [0, 0.05) is 38.7 Å². The fourth-order valence-electron chi connectivity index (χ4n) is 9.17. The number of para-hydroxylation sites is 2. The molecule has 0 spiro atoms. The van der Waals surface area contributed by atoms with E-state index in [-0.39, 0.29) is 5.75 Å². The predicted molar refractivity (Wildman–Crippen MR) is 241 cm³/mol. The molecule has 60 heavy (non-hydrogen) atoms. The average molecular weight is 773 g/mol. The number of aliphatic imine (C=N–C) groups is 1. The van der Waals surface area contributed by atoms with E-state index >= 15 is 0 Å². The highest BCUT2D eigenvalue weighted by Gasteiger charge is 2.47. The zero-order valence-corrected chi connectivity index (χ0v) is 32.6. The first-order chi connectivity index (χ1) is 29.6. The lowest BCUT2D eigenvalue weighted by Gasteiger charge is -2.33. The number of benzene rings is 8. The second kappa shape index (κ2) is 14.1. The van der Waals surface area contributed by atoms with Gasteiger partial charge < -0.3 is 9.52 Å². The van der Waals surface area contributed by atoms with Crippen molar-refractivity contribution in [2.24, 2.45) is 4.99 Å². The molecule has 2 heterocycles. The monoisotopic (exact) mass is 772 g/mol. The lowest BCUT2D eigenvalue weighted by molar-refractivity contribution is 0.477. The highest BCUT2D eigenvalue weighted by Crippen LogP contribution is 2.58. The fourth-order valence-corrected chi connectivity index (χ4v) is 9.17. The summed E-state index contributed by atoms with van der Waals surface area (Å²) in [5.74, 6) is 1.79. The third-order valence-corrected chi connectivity index (χ3v) is 11.7. The molecule has 284 valence electrons. The van der Waals surface area contributed by atoms with Gasteiger partial charge >= 0.3 is 0 Å². The number of aromatic nitrogens is 3. The summed E-state index contributed by atoms with van der Waals surface area (Å²) in [5, 5.41) is 12.4. The molecular formula is C54H36N4O2. The van der Waals surface area contributed by atoms with Gasteiger partial charge in [-0.3, -0.25) is 0 Å². The second-order valence-corrected chi connectivity index (χ2v) is 15.1. The first-order valence-corrected chi connectivity index (χ1v) is 20.0. The second-order valence-electron chi connectivity index (χ2n) is 15.1. The lowest BCUT2D eigenvalue weighted by Crippen LogP contribution is -2.28. The molecule has 0 atom stereocenters. The van der Waals surface area contributed by atoms with Crippen molar-refractivity contribution in [3.05, 3.63) is 222 Å². The molecule has 0 aliphatic heterocycles. The average Bonchev–Trinajstić information content (AvgIpc) is 3.85. The summed E-state index contributed by atoms with van der Waals surface area (Å²) in [5.41, 5.74) is 12.6. The van der Waals surface area contributed by atoms with Gasteiger partial charge in [0.2, 0.25) is 0 Å². The smallest absolute Gasteiger partial charge is 0.164 e. The molecule has 0 radical (unpaired) electrons. The quantitative estimate of drug-likeness (QED) is 0.163. The Hall–Kier alpha value is -7.96. The van der Waals surface area contributed by atoms with E-state index < -0.39 is 5.41 Å². The van der Waals surface area contributed by atoms with Crippen LogP contribution in [0.4, 0.5) is 5.69 Å². The first-order valence-electron chi connectivity index (χ1n) is 20.0. The molecule has 0 saturated carbocycles. The Kier molecular flexibility index (Phi) is 8.31. The molecule has 0 amide bonds. The number of hydrogen-bond acceptors (Lipinski definition) is 6. The molecule has 10 aromatic rings. The topological polar surface area (TPSA) is 84.4 Å². The zero-order chi connectivity index (χ0) is 40.2. The van der Waals surface area contributed by atoms with Crippen molar-refractivity contribution in [3.63, 3.8) is 0 Å². The summed E-state index contributed by atoms with van der Waals surface area (Å²) in [6, 6.07) is 66.1. The van der Waals surface area contributed by atoms with Gasteiger partial charge in [-0.1, -0.05) is 170 Å². The van der Waals surface area contributed by atoms with Crippen LogP contribution in [0.15, 0.2) is 204 Å². The summed E-state index contributed by atoms with van der Waals surface area (Å²) < 4.78 is 6.54. The van der Waals surface area contributed by atoms with Crippen LogP contribution in [0.2, 0.25) is 0 Å². The van der Waals surface area contributed by atoms with Crippen molar-refractivity contribution in [2.45, 2.75) is 12.3 Å². The van der Waals surface area contributed by atoms with Gasteiger partial charge in [0.15, 0.2) is 17.5 Å². The SMILES string of the molecule is CC(=Nc1ccccc1O)c1cccc2oc3cccc(-c4nc(-c5ccccc5)nc(-c5cccc6c5-c5ccccc5C6(c5ccccc5)c5ccccc5)n4)c3c12. The van der Waals surface area contributed by atoms with Crippen LogP contribution in [0.1, 0.15) is 34.7 Å². The van der Waals surface area contributed by atoms with E-state index in [1.54, 1.807) is 18.2 Å². The van der Waals surface area contributed by atoms with Crippen LogP contribution < -0.4 is 0 Å². The Balaban J connectivity index is 1.18. The molecule has 6 heteroatoms. The number of furan rings is 1. The third kappa shape index (κ3) is 5.49. The van der Waals surface area contributed by atoms with E-state index in [1.807, 2.05) is 73.7 Å². The van der Waals surface area contributed by atoms with E-state index in [0.29, 0.717) is 28.7 Å². The zero-order valence-electron chi connectivity index (χ0n) is 32.6. The summed E-state index contributed by atoms with van der Waals surface area (Å²) in [4.78, 5) is 20.8. The Morgan fingerprint density at radius 1 is 0.483 bits per heavy atom. The molecular weight excluding hydrogens is 737 g/mol. The molecule has 1 N–H and O–H groups in total. The molecule has 0 unspecified atom stereocenters. The van der Waals surface area contributed by atoms with E-state index in [1.165, 1.54) is 22.3 Å². The Labute approximate surface area is 346 Å². The minimum absolute atomic E-state index is 0.118. The first kappa shape index (κ1) is 35.2. The third-order valence-electron chi connectivity index (χ3n) is 11.7. The molecule has 11 rings (SSSR count). The van der Waals surface area contributed by atoms with E-state index in [9.17, 15) is 5.11 Å². The van der Waals surface area contributed by atoms with Crippen LogP contribution in [-0.2, 0) is 5.41 Å². The Morgan fingerprint density at radius 3 is 1.75 bits per heavy atom. The number of hydrogen-bond donors (Lipinski definition) is 1. The van der Waals surface area contributed by atoms with Crippen LogP contribution in [0, 0.1) is 0 Å². The fraction of sp³-hybridized carbons (Fsp3) is 0.0370. The molecule has 0 bridgehead atoms. The molecule has 1 aliphatic carbocycles. The number of phenols is 1. The van der Waals surface area contributed by atoms with Crippen LogP contribution >= 0.6 is 0 Å². The van der Waals surface area contributed by atoms with Gasteiger partial charge in [-0.25, -0.2) is 19.9 Å². The van der Waals surface area contributed by atoms with Crippen LogP contribution in [0.5, 0.6) is 5.75 Å². The maximum Gasteiger partial charge on any atom is 0.164 e. The highest BCUT2D eigenvalue weighted by molar-refractivity contribution is 6.21. The molecule has 0 saturated heterocycles. The van der Waals surface area contributed by atoms with Gasteiger partial charge in [0.05, 0.1) is 5.41 Å². The van der Waals surface area contributed by atoms with Crippen molar-refractivity contribution in [1.29, 1.82) is 0 Å². The van der Waals surface area contributed by atoms with Crippen molar-refractivity contribution in [1.82, 2.24) is 15.0 Å². The van der Waals surface area contributed by atoms with E-state index in [0.717, 1.165) is 55.4 Å². The largest absolute Gasteiger partial charge is 0.506 e. The van der Waals surface area contributed by atoms with Crippen LogP contribution in [-0.4, -0.2) is 25.8 Å². The number of nitrogens with zero attached hydrogens (tertiary/aromatic N) is 4. The molecule has 1 aliphatic rings. The minimum Gasteiger partial charge on any atom is -0.506 e. The summed E-state index contributed by atoms with van der Waals surface area (Å²) in [6.45, 7) is 1.95. The van der Waals surface area contributed by atoms with Crippen LogP contribution in [0.25, 0.3) is 67.2 Å². The standard InChI is InChI=1S/C54H36N4O2/c1-34(55-44-30-13-14-31-45(44)59)38-25-16-32-46-49(38)50-41(27-17-33-47(50)60-46)53-57-51(35-18-5-2-6-19-35)56-52(58-53)40-26-15-29-43-48(40)39-24-11-12-28-42(39)54(43,36-20-7-3-8-21-36)37-22-9-4-10-23-37/h2-33,59H,1H3. The highest BCUT2D eigenvalue weighted by atomic mass is 16.3. The number of aromatic hydroxyl groups is 1. The molecule has 2 aromatic heterocycles.